The van der Waals surface area contributed by atoms with Crippen LogP contribution in [-0.4, -0.2) is 12.5 Å². The third-order valence-corrected chi connectivity index (χ3v) is 3.97. The molecule has 0 aromatic carbocycles. The Morgan fingerprint density at radius 2 is 2.28 bits per heavy atom. The molecule has 0 aliphatic heterocycles. The third kappa shape index (κ3) is 6.17. The van der Waals surface area contributed by atoms with E-state index in [0.29, 0.717) is 18.9 Å². The Hall–Kier alpha value is -0.870. The summed E-state index contributed by atoms with van der Waals surface area (Å²) in [6.45, 7) is 3.56. The highest BCUT2D eigenvalue weighted by molar-refractivity contribution is 7.09. The van der Waals surface area contributed by atoms with Crippen molar-refractivity contribution in [3.05, 3.63) is 22.4 Å². The van der Waals surface area contributed by atoms with E-state index >= 15 is 0 Å². The molecule has 1 aromatic heterocycles. The number of thiophene rings is 1. The quantitative estimate of drug-likeness (QED) is 0.723. The zero-order chi connectivity index (χ0) is 13.2. The molecule has 1 rings (SSSR count). The van der Waals surface area contributed by atoms with Crippen LogP contribution in [0.5, 0.6) is 0 Å². The smallest absolute Gasteiger partial charge is 0.220 e. The Kier molecular flexibility index (Phi) is 7.69. The molecule has 18 heavy (non-hydrogen) atoms. The highest BCUT2D eigenvalue weighted by Gasteiger charge is 2.10. The van der Waals surface area contributed by atoms with Crippen molar-refractivity contribution in [3.8, 4) is 0 Å². The van der Waals surface area contributed by atoms with Gasteiger partial charge in [-0.1, -0.05) is 25.8 Å². The number of carbonyl (C=O) groups is 1. The molecular formula is C14H24N2OS. The summed E-state index contributed by atoms with van der Waals surface area (Å²) in [6, 6.07) is 4.05. The fraction of sp³-hybridized carbons (Fsp3) is 0.643. The van der Waals surface area contributed by atoms with E-state index in [1.807, 2.05) is 17.5 Å². The van der Waals surface area contributed by atoms with Gasteiger partial charge in [-0.15, -0.1) is 11.3 Å². The van der Waals surface area contributed by atoms with Gasteiger partial charge >= 0.3 is 0 Å². The van der Waals surface area contributed by atoms with Crippen LogP contribution in [0.2, 0.25) is 0 Å². The van der Waals surface area contributed by atoms with Gasteiger partial charge in [-0.2, -0.15) is 0 Å². The molecule has 0 saturated heterocycles. The summed E-state index contributed by atoms with van der Waals surface area (Å²) in [5.41, 5.74) is 5.59. The van der Waals surface area contributed by atoms with Crippen LogP contribution in [0.3, 0.4) is 0 Å². The molecule has 1 atom stereocenters. The lowest BCUT2D eigenvalue weighted by molar-refractivity contribution is -0.121. The molecule has 3 nitrogen and oxygen atoms in total. The van der Waals surface area contributed by atoms with E-state index in [1.165, 1.54) is 17.7 Å². The number of nitrogens with two attached hydrogens (primary N) is 1. The normalized spacial score (nSPS) is 12.3. The minimum absolute atomic E-state index is 0.154. The number of amides is 1. The SMILES string of the molecule is CCCC(CCN)CCC(=O)NCc1cccs1. The molecule has 1 amide bonds. The minimum Gasteiger partial charge on any atom is -0.351 e. The first-order chi connectivity index (χ1) is 8.76. The summed E-state index contributed by atoms with van der Waals surface area (Å²) in [6.07, 6.45) is 4.96. The first-order valence-corrected chi connectivity index (χ1v) is 7.63. The third-order valence-electron chi connectivity index (χ3n) is 3.09. The second-order valence-electron chi connectivity index (χ2n) is 4.63. The predicted molar refractivity (Wildman–Crippen MR) is 77.5 cm³/mol. The van der Waals surface area contributed by atoms with E-state index in [4.69, 9.17) is 5.73 Å². The minimum atomic E-state index is 0.154. The Balaban J connectivity index is 2.18. The van der Waals surface area contributed by atoms with E-state index in [1.54, 1.807) is 11.3 Å². The Morgan fingerprint density at radius 3 is 2.89 bits per heavy atom. The average molecular weight is 268 g/mol. The summed E-state index contributed by atoms with van der Waals surface area (Å²) < 4.78 is 0. The second-order valence-corrected chi connectivity index (χ2v) is 5.66. The molecule has 1 aromatic rings. The molecule has 1 unspecified atom stereocenters. The Morgan fingerprint density at radius 1 is 1.44 bits per heavy atom. The van der Waals surface area contributed by atoms with Gasteiger partial charge in [-0.05, 0) is 36.8 Å². The molecule has 102 valence electrons. The van der Waals surface area contributed by atoms with Gasteiger partial charge in [-0.3, -0.25) is 4.79 Å². The van der Waals surface area contributed by atoms with Crippen LogP contribution < -0.4 is 11.1 Å². The largest absolute Gasteiger partial charge is 0.351 e. The lowest BCUT2D eigenvalue weighted by Gasteiger charge is -2.14. The van der Waals surface area contributed by atoms with Gasteiger partial charge in [0.25, 0.3) is 0 Å². The average Bonchev–Trinajstić information content (AvgIpc) is 2.87. The highest BCUT2D eigenvalue weighted by Crippen LogP contribution is 2.17. The van der Waals surface area contributed by atoms with E-state index in [-0.39, 0.29) is 5.91 Å². The zero-order valence-electron chi connectivity index (χ0n) is 11.2. The van der Waals surface area contributed by atoms with Crippen molar-refractivity contribution >= 4 is 17.2 Å². The molecular weight excluding hydrogens is 244 g/mol. The van der Waals surface area contributed by atoms with Crippen molar-refractivity contribution in [2.75, 3.05) is 6.54 Å². The monoisotopic (exact) mass is 268 g/mol. The number of hydrogen-bond donors (Lipinski definition) is 2. The summed E-state index contributed by atoms with van der Waals surface area (Å²) in [7, 11) is 0. The van der Waals surface area contributed by atoms with Crippen LogP contribution in [0.25, 0.3) is 0 Å². The van der Waals surface area contributed by atoms with Crippen molar-refractivity contribution in [1.82, 2.24) is 5.32 Å². The summed E-state index contributed by atoms with van der Waals surface area (Å²) in [5.74, 6) is 0.758. The van der Waals surface area contributed by atoms with Crippen molar-refractivity contribution in [1.29, 1.82) is 0 Å². The molecule has 0 aliphatic rings. The summed E-state index contributed by atoms with van der Waals surface area (Å²) >= 11 is 1.67. The van der Waals surface area contributed by atoms with Gasteiger partial charge in [0.2, 0.25) is 5.91 Å². The van der Waals surface area contributed by atoms with E-state index < -0.39 is 0 Å². The molecule has 0 saturated carbocycles. The maximum Gasteiger partial charge on any atom is 0.220 e. The molecule has 0 bridgehead atoms. The Labute approximate surface area is 114 Å². The maximum atomic E-state index is 11.7. The van der Waals surface area contributed by atoms with Crippen LogP contribution in [0.15, 0.2) is 17.5 Å². The van der Waals surface area contributed by atoms with E-state index in [0.717, 1.165) is 19.4 Å². The molecule has 0 radical (unpaired) electrons. The molecule has 4 heteroatoms. The van der Waals surface area contributed by atoms with Gasteiger partial charge in [0, 0.05) is 11.3 Å². The number of nitrogens with one attached hydrogen (secondary N) is 1. The maximum absolute atomic E-state index is 11.7. The molecule has 0 spiro atoms. The number of carbonyl (C=O) groups excluding carboxylic acids is 1. The van der Waals surface area contributed by atoms with Crippen LogP contribution >= 0.6 is 11.3 Å². The summed E-state index contributed by atoms with van der Waals surface area (Å²) in [4.78, 5) is 12.9. The fourth-order valence-corrected chi connectivity index (χ4v) is 2.74. The van der Waals surface area contributed by atoms with Crippen LogP contribution in [0, 0.1) is 5.92 Å². The van der Waals surface area contributed by atoms with E-state index in [9.17, 15) is 4.79 Å². The number of hydrogen-bond acceptors (Lipinski definition) is 3. The first kappa shape index (κ1) is 15.2. The van der Waals surface area contributed by atoms with Crippen LogP contribution in [0.4, 0.5) is 0 Å². The van der Waals surface area contributed by atoms with Crippen molar-refractivity contribution in [3.63, 3.8) is 0 Å². The second kappa shape index (κ2) is 9.11. The predicted octanol–water partition coefficient (Wildman–Crippen LogP) is 2.91. The van der Waals surface area contributed by atoms with Crippen LogP contribution in [-0.2, 0) is 11.3 Å². The topological polar surface area (TPSA) is 55.1 Å². The molecule has 0 fully saturated rings. The zero-order valence-corrected chi connectivity index (χ0v) is 12.0. The van der Waals surface area contributed by atoms with E-state index in [2.05, 4.69) is 12.2 Å². The number of rotatable bonds is 9. The molecule has 1 heterocycles. The van der Waals surface area contributed by atoms with Gasteiger partial charge < -0.3 is 11.1 Å². The van der Waals surface area contributed by atoms with Gasteiger partial charge in [-0.25, -0.2) is 0 Å². The van der Waals surface area contributed by atoms with Crippen molar-refractivity contribution < 1.29 is 4.79 Å². The Bertz CT molecular complexity index is 319. The highest BCUT2D eigenvalue weighted by atomic mass is 32.1. The molecule has 0 aliphatic carbocycles. The van der Waals surface area contributed by atoms with Gasteiger partial charge in [0.15, 0.2) is 0 Å². The first-order valence-electron chi connectivity index (χ1n) is 6.75. The standard InChI is InChI=1S/C14H24N2OS/c1-2-4-12(8-9-15)6-7-14(17)16-11-13-5-3-10-18-13/h3,5,10,12H,2,4,6-9,11,15H2,1H3,(H,16,17). The lowest BCUT2D eigenvalue weighted by atomic mass is 9.94. The van der Waals surface area contributed by atoms with Crippen LogP contribution in [0.1, 0.15) is 43.9 Å². The lowest BCUT2D eigenvalue weighted by Crippen LogP contribution is -2.23. The van der Waals surface area contributed by atoms with Gasteiger partial charge in [0.1, 0.15) is 0 Å². The summed E-state index contributed by atoms with van der Waals surface area (Å²) in [5, 5.41) is 4.99. The molecule has 3 N–H and O–H groups in total. The van der Waals surface area contributed by atoms with Crippen molar-refractivity contribution in [2.45, 2.75) is 45.6 Å². The van der Waals surface area contributed by atoms with Crippen molar-refractivity contribution in [2.24, 2.45) is 11.7 Å². The van der Waals surface area contributed by atoms with Gasteiger partial charge in [0.05, 0.1) is 6.54 Å². The fourth-order valence-electron chi connectivity index (χ4n) is 2.10.